The molecule has 0 aliphatic heterocycles. The highest BCUT2D eigenvalue weighted by Gasteiger charge is 2.30. The standard InChI is InChI=1S/C19H30N2/c1-14-4-5-15(2)18(10-14)19(20-3)13-21(11-16-6-7-16)12-17-8-9-17/h4-5,10,16-17,19-20H,6-9,11-13H2,1-3H3. The van der Waals surface area contributed by atoms with Gasteiger partial charge in [0.25, 0.3) is 0 Å². The van der Waals surface area contributed by atoms with Crippen LogP contribution in [-0.2, 0) is 0 Å². The number of benzene rings is 1. The molecule has 2 nitrogen and oxygen atoms in total. The molecule has 2 saturated carbocycles. The molecule has 21 heavy (non-hydrogen) atoms. The van der Waals surface area contributed by atoms with Crippen LogP contribution in [0.3, 0.4) is 0 Å². The first-order valence-electron chi connectivity index (χ1n) is 8.62. The number of hydrogen-bond acceptors (Lipinski definition) is 2. The molecule has 3 rings (SSSR count). The van der Waals surface area contributed by atoms with Crippen LogP contribution in [-0.4, -0.2) is 31.6 Å². The summed E-state index contributed by atoms with van der Waals surface area (Å²) in [6.45, 7) is 8.24. The minimum atomic E-state index is 0.461. The Morgan fingerprint density at radius 2 is 1.71 bits per heavy atom. The maximum atomic E-state index is 3.56. The Bertz CT molecular complexity index is 460. The Balaban J connectivity index is 1.69. The van der Waals surface area contributed by atoms with E-state index in [-0.39, 0.29) is 0 Å². The predicted octanol–water partition coefficient (Wildman–Crippen LogP) is 3.69. The van der Waals surface area contributed by atoms with Crippen molar-refractivity contribution in [1.29, 1.82) is 0 Å². The molecule has 0 aromatic heterocycles. The van der Waals surface area contributed by atoms with Crippen LogP contribution in [0, 0.1) is 25.7 Å². The van der Waals surface area contributed by atoms with Gasteiger partial charge in [-0.3, -0.25) is 0 Å². The van der Waals surface area contributed by atoms with E-state index < -0.39 is 0 Å². The summed E-state index contributed by atoms with van der Waals surface area (Å²) in [4.78, 5) is 2.73. The monoisotopic (exact) mass is 286 g/mol. The molecule has 116 valence electrons. The van der Waals surface area contributed by atoms with Crippen LogP contribution in [0.5, 0.6) is 0 Å². The smallest absolute Gasteiger partial charge is 0.0449 e. The zero-order chi connectivity index (χ0) is 14.8. The summed E-state index contributed by atoms with van der Waals surface area (Å²) < 4.78 is 0. The summed E-state index contributed by atoms with van der Waals surface area (Å²) in [7, 11) is 2.11. The summed E-state index contributed by atoms with van der Waals surface area (Å²) in [6, 6.07) is 7.31. The second-order valence-corrected chi connectivity index (χ2v) is 7.31. The minimum Gasteiger partial charge on any atom is -0.312 e. The highest BCUT2D eigenvalue weighted by Crippen LogP contribution is 2.34. The quantitative estimate of drug-likeness (QED) is 0.784. The molecule has 2 heteroatoms. The number of aryl methyl sites for hydroxylation is 2. The second-order valence-electron chi connectivity index (χ2n) is 7.31. The van der Waals surface area contributed by atoms with Crippen molar-refractivity contribution in [3.63, 3.8) is 0 Å². The van der Waals surface area contributed by atoms with Crippen LogP contribution in [0.2, 0.25) is 0 Å². The molecule has 2 fully saturated rings. The molecule has 2 aliphatic carbocycles. The minimum absolute atomic E-state index is 0.461. The average Bonchev–Trinajstić information content (AvgIpc) is 3.35. The van der Waals surface area contributed by atoms with Gasteiger partial charge in [0.1, 0.15) is 0 Å². The van der Waals surface area contributed by atoms with Crippen molar-refractivity contribution in [3.8, 4) is 0 Å². The summed E-state index contributed by atoms with van der Waals surface area (Å²) in [6.07, 6.45) is 5.81. The zero-order valence-corrected chi connectivity index (χ0v) is 13.9. The van der Waals surface area contributed by atoms with E-state index in [1.807, 2.05) is 0 Å². The first kappa shape index (κ1) is 15.1. The Labute approximate surface area is 129 Å². The highest BCUT2D eigenvalue weighted by atomic mass is 15.2. The fourth-order valence-corrected chi connectivity index (χ4v) is 3.29. The Morgan fingerprint density at radius 1 is 1.10 bits per heavy atom. The molecule has 1 atom stereocenters. The van der Waals surface area contributed by atoms with E-state index in [1.54, 1.807) is 0 Å². The Kier molecular flexibility index (Phi) is 4.66. The topological polar surface area (TPSA) is 15.3 Å². The third-order valence-corrected chi connectivity index (χ3v) is 5.03. The summed E-state index contributed by atoms with van der Waals surface area (Å²) in [5.41, 5.74) is 4.26. The fourth-order valence-electron chi connectivity index (χ4n) is 3.29. The van der Waals surface area contributed by atoms with Crippen molar-refractivity contribution in [3.05, 3.63) is 34.9 Å². The third-order valence-electron chi connectivity index (χ3n) is 5.03. The zero-order valence-electron chi connectivity index (χ0n) is 13.9. The maximum absolute atomic E-state index is 3.56. The van der Waals surface area contributed by atoms with Gasteiger partial charge in [0.2, 0.25) is 0 Å². The molecule has 1 unspecified atom stereocenters. The fraction of sp³-hybridized carbons (Fsp3) is 0.684. The molecule has 0 heterocycles. The van der Waals surface area contributed by atoms with Crippen molar-refractivity contribution in [2.24, 2.45) is 11.8 Å². The number of likely N-dealkylation sites (N-methyl/N-ethyl adjacent to an activating group) is 1. The van der Waals surface area contributed by atoms with Crippen LogP contribution in [0.4, 0.5) is 0 Å². The SMILES string of the molecule is CNC(CN(CC1CC1)CC1CC1)c1cc(C)ccc1C. The van der Waals surface area contributed by atoms with Gasteiger partial charge in [0.15, 0.2) is 0 Å². The average molecular weight is 286 g/mol. The van der Waals surface area contributed by atoms with Gasteiger partial charge < -0.3 is 10.2 Å². The second kappa shape index (κ2) is 6.50. The molecule has 2 aliphatic rings. The van der Waals surface area contributed by atoms with Gasteiger partial charge in [0.05, 0.1) is 0 Å². The first-order chi connectivity index (χ1) is 10.2. The molecule has 0 amide bonds. The van der Waals surface area contributed by atoms with Crippen LogP contribution in [0.1, 0.15) is 48.4 Å². The number of nitrogens with zero attached hydrogens (tertiary/aromatic N) is 1. The van der Waals surface area contributed by atoms with E-state index in [0.717, 1.165) is 18.4 Å². The van der Waals surface area contributed by atoms with Crippen LogP contribution >= 0.6 is 0 Å². The normalized spacial score (nSPS) is 20.0. The van der Waals surface area contributed by atoms with Crippen molar-refractivity contribution in [2.75, 3.05) is 26.7 Å². The lowest BCUT2D eigenvalue weighted by Gasteiger charge is -2.29. The highest BCUT2D eigenvalue weighted by molar-refractivity contribution is 5.33. The number of nitrogens with one attached hydrogen (secondary N) is 1. The van der Waals surface area contributed by atoms with Gasteiger partial charge in [-0.15, -0.1) is 0 Å². The summed E-state index contributed by atoms with van der Waals surface area (Å²) >= 11 is 0. The van der Waals surface area contributed by atoms with E-state index in [2.05, 4.69) is 49.3 Å². The molecule has 1 aromatic carbocycles. The molecular formula is C19H30N2. The van der Waals surface area contributed by atoms with Crippen LogP contribution in [0.25, 0.3) is 0 Å². The molecule has 0 saturated heterocycles. The molecular weight excluding hydrogens is 256 g/mol. The van der Waals surface area contributed by atoms with Crippen molar-refractivity contribution < 1.29 is 0 Å². The molecule has 0 radical (unpaired) electrons. The van der Waals surface area contributed by atoms with Crippen molar-refractivity contribution in [2.45, 2.75) is 45.6 Å². The van der Waals surface area contributed by atoms with E-state index in [4.69, 9.17) is 0 Å². The largest absolute Gasteiger partial charge is 0.312 e. The summed E-state index contributed by atoms with van der Waals surface area (Å²) in [5, 5.41) is 3.56. The summed E-state index contributed by atoms with van der Waals surface area (Å²) in [5.74, 6) is 1.97. The maximum Gasteiger partial charge on any atom is 0.0449 e. The Morgan fingerprint density at radius 3 is 2.24 bits per heavy atom. The molecule has 1 N–H and O–H groups in total. The molecule has 0 bridgehead atoms. The van der Waals surface area contributed by atoms with Crippen LogP contribution < -0.4 is 5.32 Å². The third kappa shape index (κ3) is 4.31. The Hall–Kier alpha value is -0.860. The van der Waals surface area contributed by atoms with Gasteiger partial charge >= 0.3 is 0 Å². The number of rotatable bonds is 8. The predicted molar refractivity (Wildman–Crippen MR) is 89.6 cm³/mol. The molecule has 0 spiro atoms. The van der Waals surface area contributed by atoms with Gasteiger partial charge in [0, 0.05) is 25.7 Å². The van der Waals surface area contributed by atoms with Gasteiger partial charge in [-0.1, -0.05) is 23.8 Å². The van der Waals surface area contributed by atoms with E-state index in [0.29, 0.717) is 6.04 Å². The van der Waals surface area contributed by atoms with Gasteiger partial charge in [-0.2, -0.15) is 0 Å². The van der Waals surface area contributed by atoms with Gasteiger partial charge in [-0.25, -0.2) is 0 Å². The van der Waals surface area contributed by atoms with E-state index in [9.17, 15) is 0 Å². The lowest BCUT2D eigenvalue weighted by atomic mass is 9.98. The van der Waals surface area contributed by atoms with Crippen LogP contribution in [0.15, 0.2) is 18.2 Å². The lowest BCUT2D eigenvalue weighted by Crippen LogP contribution is -2.36. The molecule has 1 aromatic rings. The van der Waals surface area contributed by atoms with Gasteiger partial charge in [-0.05, 0) is 69.5 Å². The lowest BCUT2D eigenvalue weighted by molar-refractivity contribution is 0.228. The number of hydrogen-bond donors (Lipinski definition) is 1. The van der Waals surface area contributed by atoms with Crippen molar-refractivity contribution >= 4 is 0 Å². The first-order valence-corrected chi connectivity index (χ1v) is 8.62. The van der Waals surface area contributed by atoms with E-state index >= 15 is 0 Å². The van der Waals surface area contributed by atoms with Crippen molar-refractivity contribution in [1.82, 2.24) is 10.2 Å². The van der Waals surface area contributed by atoms with E-state index in [1.165, 1.54) is 55.5 Å².